The highest BCUT2D eigenvalue weighted by Gasteiger charge is 2.08. The quantitative estimate of drug-likeness (QED) is 0.846. The Bertz CT molecular complexity index is 669. The SMILES string of the molecule is COC(=O)c1cncc(Cc2ccc(CNC(C)=O)cc2)n1. The maximum atomic E-state index is 11.4. The fraction of sp³-hybridized carbons (Fsp3) is 0.250. The van der Waals surface area contributed by atoms with Crippen LogP contribution in [0.5, 0.6) is 0 Å². The van der Waals surface area contributed by atoms with E-state index in [9.17, 15) is 9.59 Å². The first kappa shape index (κ1) is 15.6. The lowest BCUT2D eigenvalue weighted by atomic mass is 10.1. The fourth-order valence-electron chi connectivity index (χ4n) is 1.91. The Morgan fingerprint density at radius 1 is 1.14 bits per heavy atom. The van der Waals surface area contributed by atoms with Gasteiger partial charge in [-0.3, -0.25) is 9.78 Å². The van der Waals surface area contributed by atoms with Gasteiger partial charge in [0.25, 0.3) is 0 Å². The van der Waals surface area contributed by atoms with E-state index in [1.165, 1.54) is 20.2 Å². The van der Waals surface area contributed by atoms with Crippen LogP contribution in [0.4, 0.5) is 0 Å². The zero-order valence-corrected chi connectivity index (χ0v) is 12.5. The van der Waals surface area contributed by atoms with Crippen LogP contribution in [-0.2, 0) is 22.5 Å². The molecule has 1 amide bonds. The molecule has 1 N–H and O–H groups in total. The number of benzene rings is 1. The van der Waals surface area contributed by atoms with Crippen LogP contribution >= 0.6 is 0 Å². The molecule has 0 aliphatic carbocycles. The summed E-state index contributed by atoms with van der Waals surface area (Å²) in [5.41, 5.74) is 2.95. The van der Waals surface area contributed by atoms with Gasteiger partial charge >= 0.3 is 5.97 Å². The van der Waals surface area contributed by atoms with Gasteiger partial charge in [0, 0.05) is 26.1 Å². The van der Waals surface area contributed by atoms with E-state index < -0.39 is 5.97 Å². The molecular weight excluding hydrogens is 282 g/mol. The standard InChI is InChI=1S/C16H17N3O3/c1-11(20)18-8-13-5-3-12(4-6-13)7-14-9-17-10-15(19-14)16(21)22-2/h3-6,9-10H,7-8H2,1-2H3,(H,18,20). The molecule has 0 radical (unpaired) electrons. The van der Waals surface area contributed by atoms with E-state index in [2.05, 4.69) is 20.0 Å². The number of ether oxygens (including phenoxy) is 1. The Kier molecular flexibility index (Phi) is 5.19. The van der Waals surface area contributed by atoms with E-state index in [1.807, 2.05) is 24.3 Å². The van der Waals surface area contributed by atoms with Crippen molar-refractivity contribution < 1.29 is 14.3 Å². The minimum absolute atomic E-state index is 0.0565. The number of carbonyl (C=O) groups excluding carboxylic acids is 2. The number of nitrogens with one attached hydrogen (secondary N) is 1. The summed E-state index contributed by atoms with van der Waals surface area (Å²) in [7, 11) is 1.31. The molecule has 0 bridgehead atoms. The number of hydrogen-bond donors (Lipinski definition) is 1. The second-order valence-electron chi connectivity index (χ2n) is 4.79. The van der Waals surface area contributed by atoms with Gasteiger partial charge in [0.2, 0.25) is 5.91 Å². The molecule has 0 fully saturated rings. The van der Waals surface area contributed by atoms with Gasteiger partial charge in [-0.2, -0.15) is 0 Å². The average molecular weight is 299 g/mol. The molecule has 1 heterocycles. The lowest BCUT2D eigenvalue weighted by Gasteiger charge is -2.05. The molecule has 1 aromatic carbocycles. The molecule has 6 nitrogen and oxygen atoms in total. The topological polar surface area (TPSA) is 81.2 Å². The van der Waals surface area contributed by atoms with Crippen molar-refractivity contribution in [2.75, 3.05) is 7.11 Å². The molecule has 0 unspecified atom stereocenters. The largest absolute Gasteiger partial charge is 0.464 e. The molecule has 22 heavy (non-hydrogen) atoms. The zero-order valence-electron chi connectivity index (χ0n) is 12.5. The lowest BCUT2D eigenvalue weighted by Crippen LogP contribution is -2.18. The smallest absolute Gasteiger partial charge is 0.358 e. The van der Waals surface area contributed by atoms with Crippen molar-refractivity contribution in [3.8, 4) is 0 Å². The number of rotatable bonds is 5. The third-order valence-corrected chi connectivity index (χ3v) is 3.03. The predicted octanol–water partition coefficient (Wildman–Crippen LogP) is 1.49. The van der Waals surface area contributed by atoms with Crippen molar-refractivity contribution in [1.29, 1.82) is 0 Å². The third kappa shape index (κ3) is 4.37. The van der Waals surface area contributed by atoms with Crippen LogP contribution in [0.25, 0.3) is 0 Å². The first-order valence-electron chi connectivity index (χ1n) is 6.80. The van der Waals surface area contributed by atoms with Crippen LogP contribution in [0, 0.1) is 0 Å². The Balaban J connectivity index is 2.04. The second kappa shape index (κ2) is 7.31. The summed E-state index contributed by atoms with van der Waals surface area (Å²) in [5, 5.41) is 2.74. The van der Waals surface area contributed by atoms with Crippen LogP contribution in [-0.4, -0.2) is 29.0 Å². The van der Waals surface area contributed by atoms with Crippen molar-refractivity contribution in [3.63, 3.8) is 0 Å². The number of nitrogens with zero attached hydrogens (tertiary/aromatic N) is 2. The summed E-state index contributed by atoms with van der Waals surface area (Å²) >= 11 is 0. The lowest BCUT2D eigenvalue weighted by molar-refractivity contribution is -0.119. The normalized spacial score (nSPS) is 10.1. The Hall–Kier alpha value is -2.76. The molecule has 0 aliphatic rings. The van der Waals surface area contributed by atoms with E-state index >= 15 is 0 Å². The van der Waals surface area contributed by atoms with Crippen LogP contribution in [0.15, 0.2) is 36.7 Å². The zero-order chi connectivity index (χ0) is 15.9. The Morgan fingerprint density at radius 3 is 2.45 bits per heavy atom. The van der Waals surface area contributed by atoms with E-state index in [-0.39, 0.29) is 11.6 Å². The van der Waals surface area contributed by atoms with Crippen molar-refractivity contribution >= 4 is 11.9 Å². The molecule has 0 saturated carbocycles. The van der Waals surface area contributed by atoms with Gasteiger partial charge in [-0.15, -0.1) is 0 Å². The number of methoxy groups -OCH3 is 1. The molecular formula is C16H17N3O3. The summed E-state index contributed by atoms with van der Waals surface area (Å²) in [6.45, 7) is 1.99. The highest BCUT2D eigenvalue weighted by atomic mass is 16.5. The van der Waals surface area contributed by atoms with Crippen LogP contribution < -0.4 is 5.32 Å². The molecule has 2 rings (SSSR count). The van der Waals surface area contributed by atoms with Crippen molar-refractivity contribution in [2.45, 2.75) is 19.9 Å². The summed E-state index contributed by atoms with van der Waals surface area (Å²) < 4.78 is 4.63. The monoisotopic (exact) mass is 299 g/mol. The Labute approximate surface area is 128 Å². The molecule has 1 aromatic heterocycles. The highest BCUT2D eigenvalue weighted by molar-refractivity contribution is 5.86. The minimum atomic E-state index is -0.500. The van der Waals surface area contributed by atoms with Gasteiger partial charge in [-0.25, -0.2) is 9.78 Å². The number of esters is 1. The number of aromatic nitrogens is 2. The molecule has 0 saturated heterocycles. The number of amides is 1. The van der Waals surface area contributed by atoms with Gasteiger partial charge in [0.1, 0.15) is 0 Å². The number of hydrogen-bond acceptors (Lipinski definition) is 5. The summed E-state index contributed by atoms with van der Waals surface area (Å²) in [6, 6.07) is 7.82. The molecule has 114 valence electrons. The van der Waals surface area contributed by atoms with Crippen LogP contribution in [0.1, 0.15) is 34.2 Å². The van der Waals surface area contributed by atoms with Crippen molar-refractivity contribution in [1.82, 2.24) is 15.3 Å². The molecule has 0 atom stereocenters. The minimum Gasteiger partial charge on any atom is -0.464 e. The average Bonchev–Trinajstić information content (AvgIpc) is 2.53. The third-order valence-electron chi connectivity index (χ3n) is 3.03. The molecule has 0 aliphatic heterocycles. The maximum absolute atomic E-state index is 11.4. The van der Waals surface area contributed by atoms with Gasteiger partial charge < -0.3 is 10.1 Å². The van der Waals surface area contributed by atoms with E-state index in [1.54, 1.807) is 6.20 Å². The van der Waals surface area contributed by atoms with E-state index in [0.29, 0.717) is 18.7 Å². The highest BCUT2D eigenvalue weighted by Crippen LogP contribution is 2.09. The van der Waals surface area contributed by atoms with Crippen molar-refractivity contribution in [3.05, 3.63) is 59.2 Å². The van der Waals surface area contributed by atoms with Gasteiger partial charge in [0.15, 0.2) is 5.69 Å². The Morgan fingerprint density at radius 2 is 1.82 bits per heavy atom. The summed E-state index contributed by atoms with van der Waals surface area (Å²) in [4.78, 5) is 30.5. The van der Waals surface area contributed by atoms with Gasteiger partial charge in [-0.1, -0.05) is 24.3 Å². The molecule has 0 spiro atoms. The first-order valence-corrected chi connectivity index (χ1v) is 6.80. The van der Waals surface area contributed by atoms with E-state index in [4.69, 9.17) is 0 Å². The maximum Gasteiger partial charge on any atom is 0.358 e. The first-order chi connectivity index (χ1) is 10.6. The van der Waals surface area contributed by atoms with Crippen LogP contribution in [0.3, 0.4) is 0 Å². The summed E-state index contributed by atoms with van der Waals surface area (Å²) in [6.07, 6.45) is 3.57. The van der Waals surface area contributed by atoms with E-state index in [0.717, 1.165) is 11.1 Å². The predicted molar refractivity (Wildman–Crippen MR) is 80.1 cm³/mol. The molecule has 2 aromatic rings. The van der Waals surface area contributed by atoms with Crippen LogP contribution in [0.2, 0.25) is 0 Å². The number of carbonyl (C=O) groups is 2. The molecule has 6 heteroatoms. The fourth-order valence-corrected chi connectivity index (χ4v) is 1.91. The summed E-state index contributed by atoms with van der Waals surface area (Å²) in [5.74, 6) is -0.556. The van der Waals surface area contributed by atoms with Gasteiger partial charge in [-0.05, 0) is 11.1 Å². The van der Waals surface area contributed by atoms with Gasteiger partial charge in [0.05, 0.1) is 19.0 Å². The second-order valence-corrected chi connectivity index (χ2v) is 4.79. The van der Waals surface area contributed by atoms with Crippen molar-refractivity contribution in [2.24, 2.45) is 0 Å².